The van der Waals surface area contributed by atoms with Crippen molar-refractivity contribution in [3.8, 4) is 79.6 Å². The largest absolute Gasteiger partial charge is 0.462 e. The quantitative estimate of drug-likeness (QED) is 0.0225. The molecule has 0 aliphatic heterocycles. The molecular weight excluding hydrogens is 1530 g/mol. The highest BCUT2D eigenvalue weighted by molar-refractivity contribution is 6.43. The molecule has 0 aromatic heterocycles. The second kappa shape index (κ2) is 32.4. The first-order valence-corrected chi connectivity index (χ1v) is 30.7. The van der Waals surface area contributed by atoms with E-state index in [1.807, 2.05) is 0 Å². The van der Waals surface area contributed by atoms with Crippen LogP contribution in [0.3, 0.4) is 0 Å². The van der Waals surface area contributed by atoms with Gasteiger partial charge in [0.2, 0.25) is 0 Å². The van der Waals surface area contributed by atoms with Crippen LogP contribution in [0.1, 0.15) is 103 Å². The van der Waals surface area contributed by atoms with Gasteiger partial charge in [-0.1, -0.05) is 94.9 Å². The summed E-state index contributed by atoms with van der Waals surface area (Å²) in [5.74, 6) is -9.13. The molecule has 0 heterocycles. The molecule has 0 amide bonds. The number of nitrogens with zero attached hydrogens (tertiary/aromatic N) is 6. The number of alkyl halides is 12. The first-order chi connectivity index (χ1) is 49.5. The fraction of sp³-hybridized carbons (Fsp3) is 0.182. The van der Waals surface area contributed by atoms with Crippen molar-refractivity contribution in [1.82, 2.24) is 0 Å². The highest BCUT2D eigenvalue weighted by Gasteiger charge is 2.43. The summed E-state index contributed by atoms with van der Waals surface area (Å²) in [5, 5.41) is 66.4. The van der Waals surface area contributed by atoms with E-state index in [0.29, 0.717) is 48.5 Å². The van der Waals surface area contributed by atoms with Crippen molar-refractivity contribution in [2.75, 3.05) is 26.4 Å². The molecule has 0 atom stereocenters. The Kier molecular flexibility index (Phi) is 24.9. The number of nitro groups is 4. The zero-order chi connectivity index (χ0) is 79.2. The van der Waals surface area contributed by atoms with Gasteiger partial charge in [0.05, 0.1) is 101 Å². The smallest absolute Gasteiger partial charge is 0.416 e. The Hall–Kier alpha value is -11.9. The summed E-state index contributed by atoms with van der Waals surface area (Å²) in [7, 11) is 0. The number of hydrogen-bond acceptors (Lipinski definition) is 20. The van der Waals surface area contributed by atoms with Crippen molar-refractivity contribution in [2.45, 2.75) is 52.4 Å². The number of ether oxygens (including phenoxy) is 6. The number of carbonyl (C=O) groups is 4. The average molecular weight is 1570 g/mol. The number of esters is 4. The molecule has 0 saturated heterocycles. The van der Waals surface area contributed by atoms with Gasteiger partial charge in [-0.05, 0) is 111 Å². The van der Waals surface area contributed by atoms with Gasteiger partial charge in [0.15, 0.2) is 33.8 Å². The molecule has 0 aliphatic carbocycles. The number of halogens is 16. The molecule has 40 heteroatoms. The van der Waals surface area contributed by atoms with Crippen LogP contribution < -0.4 is 9.47 Å². The maximum absolute atomic E-state index is 13.4. The van der Waals surface area contributed by atoms with Crippen molar-refractivity contribution in [3.05, 3.63) is 225 Å². The molecule has 0 radical (unpaired) electrons. The summed E-state index contributed by atoms with van der Waals surface area (Å²) < 4.78 is 192. The number of rotatable bonds is 20. The van der Waals surface area contributed by atoms with E-state index in [2.05, 4.69) is 0 Å². The standard InChI is InChI=1S/C34H20F6N4O9.C32H18Cl4F6N2O9/c1-3-51-31(45)27-23(15-41)25(13-21(29(27)43(47)48)17-5-9-19(10-6-17)33(35,36)37)53-26-14-22(18-7-11-20(12-8-18)34(38,39)40)30(44(49)50)28(24(26)16-42)32(46)52-4-2;1-3-51-29(45)19-23(35)27(21(33)17(25(19)43(47)48)13-5-9-15(10-6-13)31(37,38)39)53-28-22(34)18(14-7-11-16(12-8-14)32(40,41)42)26(44(49)50)20(24(28)36)30(46)52-4-2/h5-14H,3-4H2,1-2H3;5-12H,3-4H2,1-2H3. The van der Waals surface area contributed by atoms with Crippen molar-refractivity contribution < 1.29 is 120 Å². The Morgan fingerprint density at radius 3 is 0.830 bits per heavy atom. The molecule has 8 aromatic carbocycles. The summed E-state index contributed by atoms with van der Waals surface area (Å²) in [6.45, 7) is 3.84. The van der Waals surface area contributed by atoms with Gasteiger partial charge in [0.25, 0.3) is 22.7 Å². The predicted octanol–water partition coefficient (Wildman–Crippen LogP) is 20.4. The third-order valence-electron chi connectivity index (χ3n) is 14.5. The molecule has 0 N–H and O–H groups in total. The summed E-state index contributed by atoms with van der Waals surface area (Å²) in [6.07, 6.45) is -19.3. The minimum Gasteiger partial charge on any atom is -0.462 e. The van der Waals surface area contributed by atoms with E-state index < -0.39 is 212 Å². The minimum atomic E-state index is -4.83. The molecule has 106 heavy (non-hydrogen) atoms. The lowest BCUT2D eigenvalue weighted by atomic mass is 9.94. The number of benzene rings is 8. The van der Waals surface area contributed by atoms with Gasteiger partial charge in [0.1, 0.15) is 44.8 Å². The topological polar surface area (TPSA) is 344 Å². The summed E-state index contributed by atoms with van der Waals surface area (Å²) in [6, 6.07) is 15.6. The van der Waals surface area contributed by atoms with Gasteiger partial charge in [-0.15, -0.1) is 0 Å². The van der Waals surface area contributed by atoms with Crippen LogP contribution in [0, 0.1) is 63.1 Å². The first-order valence-electron chi connectivity index (χ1n) is 29.2. The molecule has 0 aliphatic rings. The van der Waals surface area contributed by atoms with E-state index in [-0.39, 0.29) is 48.7 Å². The SMILES string of the molecule is CCOC(=O)c1c(C#N)c(Oc2cc(-c3ccc(C(F)(F)F)cc3)c([N+](=O)[O-])c(C(=O)OCC)c2C#N)cc(-c2ccc(C(F)(F)F)cc2)c1[N+](=O)[O-].CCOC(=O)c1c(Cl)c(Oc2c(Cl)c(C(=O)OCC)c([N+](=O)[O-])c(-c3ccc(C(F)(F)F)cc3)c2Cl)c(Cl)c(-c2ccc(C(F)(F)F)cc2)c1[N+](=O)[O-]. The Morgan fingerprint density at radius 1 is 0.377 bits per heavy atom. The van der Waals surface area contributed by atoms with Gasteiger partial charge in [-0.2, -0.15) is 63.2 Å². The molecule has 552 valence electrons. The van der Waals surface area contributed by atoms with E-state index >= 15 is 0 Å². The minimum absolute atomic E-state index is 0.300. The highest BCUT2D eigenvalue weighted by Crippen LogP contribution is 2.57. The maximum atomic E-state index is 13.4. The van der Waals surface area contributed by atoms with Crippen LogP contribution in [0.4, 0.5) is 75.4 Å². The third-order valence-corrected chi connectivity index (χ3v) is 15.9. The van der Waals surface area contributed by atoms with Crippen LogP contribution in [0.15, 0.2) is 109 Å². The van der Waals surface area contributed by atoms with Crippen LogP contribution in [-0.2, 0) is 43.7 Å². The summed E-state index contributed by atoms with van der Waals surface area (Å²) in [4.78, 5) is 97.9. The van der Waals surface area contributed by atoms with Gasteiger partial charge in [0, 0.05) is 0 Å². The predicted molar refractivity (Wildman–Crippen MR) is 348 cm³/mol. The molecule has 0 bridgehead atoms. The van der Waals surface area contributed by atoms with Gasteiger partial charge in [-0.3, -0.25) is 40.5 Å². The average Bonchev–Trinajstić information content (AvgIpc) is 0.742. The van der Waals surface area contributed by atoms with E-state index in [9.17, 15) is 123 Å². The fourth-order valence-corrected chi connectivity index (χ4v) is 11.4. The van der Waals surface area contributed by atoms with Crippen LogP contribution in [-0.4, -0.2) is 70.0 Å². The molecule has 0 unspecified atom stereocenters. The Bertz CT molecular complexity index is 4680. The lowest BCUT2D eigenvalue weighted by molar-refractivity contribution is -0.384. The zero-order valence-corrected chi connectivity index (χ0v) is 56.3. The van der Waals surface area contributed by atoms with Crippen molar-refractivity contribution in [1.29, 1.82) is 10.5 Å². The van der Waals surface area contributed by atoms with Crippen LogP contribution >= 0.6 is 46.4 Å². The number of nitriles is 2. The lowest BCUT2D eigenvalue weighted by Crippen LogP contribution is -2.14. The second-order valence-corrected chi connectivity index (χ2v) is 22.3. The second-order valence-electron chi connectivity index (χ2n) is 20.8. The number of carbonyl (C=O) groups excluding carboxylic acids is 4. The van der Waals surface area contributed by atoms with Gasteiger partial charge >= 0.3 is 48.6 Å². The summed E-state index contributed by atoms with van der Waals surface area (Å²) in [5.41, 5.74) is -18.9. The Morgan fingerprint density at radius 2 is 0.613 bits per heavy atom. The van der Waals surface area contributed by atoms with E-state index in [1.54, 1.807) is 12.1 Å². The van der Waals surface area contributed by atoms with E-state index in [0.717, 1.165) is 60.7 Å². The molecule has 0 fully saturated rings. The zero-order valence-electron chi connectivity index (χ0n) is 53.3. The Balaban J connectivity index is 0.000000296. The molecular formula is C66H38Cl4F12N6O18. The normalized spacial score (nSPS) is 11.4. The van der Waals surface area contributed by atoms with Crippen LogP contribution in [0.25, 0.3) is 44.5 Å². The number of nitro benzene ring substituents is 4. The van der Waals surface area contributed by atoms with Crippen molar-refractivity contribution >= 4 is 93.0 Å². The fourth-order valence-electron chi connectivity index (χ4n) is 10.0. The van der Waals surface area contributed by atoms with E-state index in [4.69, 9.17) is 74.8 Å². The molecule has 0 saturated carbocycles. The van der Waals surface area contributed by atoms with E-state index in [1.165, 1.54) is 27.7 Å². The summed E-state index contributed by atoms with van der Waals surface area (Å²) >= 11 is 26.2. The van der Waals surface area contributed by atoms with Crippen LogP contribution in [0.5, 0.6) is 23.0 Å². The van der Waals surface area contributed by atoms with Gasteiger partial charge < -0.3 is 28.4 Å². The van der Waals surface area contributed by atoms with Crippen molar-refractivity contribution in [3.63, 3.8) is 0 Å². The highest BCUT2D eigenvalue weighted by atomic mass is 35.5. The monoisotopic (exact) mass is 1570 g/mol. The van der Waals surface area contributed by atoms with Crippen molar-refractivity contribution in [2.24, 2.45) is 0 Å². The van der Waals surface area contributed by atoms with Gasteiger partial charge in [-0.25, -0.2) is 19.2 Å². The number of hydrogen-bond donors (Lipinski definition) is 0. The lowest BCUT2D eigenvalue weighted by Gasteiger charge is -2.20. The first kappa shape index (κ1) is 81.4. The third kappa shape index (κ3) is 17.0. The Labute approximate surface area is 604 Å². The molecule has 24 nitrogen and oxygen atoms in total. The van der Waals surface area contributed by atoms with Crippen LogP contribution in [0.2, 0.25) is 20.1 Å². The molecule has 8 aromatic rings. The maximum Gasteiger partial charge on any atom is 0.416 e. The molecule has 8 rings (SSSR count). The molecule has 0 spiro atoms.